The largest absolute Gasteiger partial charge is 0.349 e. The lowest BCUT2D eigenvalue weighted by Crippen LogP contribution is -2.52. The van der Waals surface area contributed by atoms with Crippen molar-refractivity contribution < 1.29 is 4.79 Å². The molecular weight excluding hydrogens is 295 g/mol. The van der Waals surface area contributed by atoms with Crippen LogP contribution in [0.1, 0.15) is 32.8 Å². The average molecular weight is 319 g/mol. The standard InChI is InChI=1S/C15H23ClN2O.ClH/c1-11(2)9-15(3,10-17)18-14(19)8-12-4-6-13(16)7-5-12;/h4-7,11H,8-10,17H2,1-3H3,(H,18,19);1H. The molecule has 20 heavy (non-hydrogen) atoms. The van der Waals surface area contributed by atoms with Crippen LogP contribution in [0, 0.1) is 5.92 Å². The number of hydrogen-bond acceptors (Lipinski definition) is 2. The minimum Gasteiger partial charge on any atom is -0.349 e. The van der Waals surface area contributed by atoms with Crippen molar-refractivity contribution in [3.63, 3.8) is 0 Å². The number of carbonyl (C=O) groups is 1. The van der Waals surface area contributed by atoms with Crippen LogP contribution in [0.4, 0.5) is 0 Å². The highest BCUT2D eigenvalue weighted by Crippen LogP contribution is 2.16. The van der Waals surface area contributed by atoms with Crippen molar-refractivity contribution in [3.8, 4) is 0 Å². The molecule has 1 aromatic carbocycles. The van der Waals surface area contributed by atoms with Crippen molar-refractivity contribution in [2.75, 3.05) is 6.54 Å². The van der Waals surface area contributed by atoms with E-state index in [4.69, 9.17) is 17.3 Å². The van der Waals surface area contributed by atoms with Crippen LogP contribution in [0.25, 0.3) is 0 Å². The first-order valence-electron chi connectivity index (χ1n) is 6.60. The summed E-state index contributed by atoms with van der Waals surface area (Å²) in [6, 6.07) is 7.31. The monoisotopic (exact) mass is 318 g/mol. The predicted octanol–water partition coefficient (Wildman–Crippen LogP) is 3.18. The fraction of sp³-hybridized carbons (Fsp3) is 0.533. The number of hydrogen-bond donors (Lipinski definition) is 2. The summed E-state index contributed by atoms with van der Waals surface area (Å²) >= 11 is 5.82. The van der Waals surface area contributed by atoms with Crippen molar-refractivity contribution in [2.24, 2.45) is 11.7 Å². The van der Waals surface area contributed by atoms with E-state index >= 15 is 0 Å². The van der Waals surface area contributed by atoms with Crippen molar-refractivity contribution in [1.82, 2.24) is 5.32 Å². The van der Waals surface area contributed by atoms with E-state index in [2.05, 4.69) is 19.2 Å². The van der Waals surface area contributed by atoms with E-state index in [1.54, 1.807) is 12.1 Å². The normalized spacial score (nSPS) is 13.5. The van der Waals surface area contributed by atoms with Gasteiger partial charge in [-0.25, -0.2) is 0 Å². The Morgan fingerprint density at radius 1 is 1.35 bits per heavy atom. The third kappa shape index (κ3) is 6.60. The van der Waals surface area contributed by atoms with Gasteiger partial charge in [0.2, 0.25) is 5.91 Å². The van der Waals surface area contributed by atoms with E-state index in [9.17, 15) is 4.79 Å². The molecule has 0 aliphatic heterocycles. The van der Waals surface area contributed by atoms with Crippen molar-refractivity contribution in [1.29, 1.82) is 0 Å². The molecule has 0 heterocycles. The molecule has 0 aromatic heterocycles. The highest BCUT2D eigenvalue weighted by molar-refractivity contribution is 6.30. The molecule has 3 N–H and O–H groups in total. The molecule has 5 heteroatoms. The highest BCUT2D eigenvalue weighted by Gasteiger charge is 2.25. The van der Waals surface area contributed by atoms with Gasteiger partial charge in [-0.3, -0.25) is 4.79 Å². The van der Waals surface area contributed by atoms with Crippen LogP contribution in [0.3, 0.4) is 0 Å². The van der Waals surface area contributed by atoms with Gasteiger partial charge >= 0.3 is 0 Å². The van der Waals surface area contributed by atoms with Crippen LogP contribution in [0.15, 0.2) is 24.3 Å². The maximum Gasteiger partial charge on any atom is 0.224 e. The van der Waals surface area contributed by atoms with Gasteiger partial charge in [0.05, 0.1) is 6.42 Å². The van der Waals surface area contributed by atoms with Gasteiger partial charge in [0, 0.05) is 17.1 Å². The molecule has 1 unspecified atom stereocenters. The SMILES string of the molecule is CC(C)CC(C)(CN)NC(=O)Cc1ccc(Cl)cc1.Cl. The minimum atomic E-state index is -0.336. The molecule has 0 aliphatic carbocycles. The van der Waals surface area contributed by atoms with E-state index in [0.29, 0.717) is 23.9 Å². The van der Waals surface area contributed by atoms with Crippen LogP contribution in [0.5, 0.6) is 0 Å². The van der Waals surface area contributed by atoms with Crippen molar-refractivity contribution in [2.45, 2.75) is 39.2 Å². The van der Waals surface area contributed by atoms with Gasteiger partial charge in [-0.05, 0) is 37.0 Å². The van der Waals surface area contributed by atoms with Crippen molar-refractivity contribution >= 4 is 29.9 Å². The maximum atomic E-state index is 12.1. The molecule has 0 radical (unpaired) electrons. The summed E-state index contributed by atoms with van der Waals surface area (Å²) in [5, 5.41) is 3.72. The first-order valence-corrected chi connectivity index (χ1v) is 6.98. The average Bonchev–Trinajstić information content (AvgIpc) is 2.31. The zero-order valence-electron chi connectivity index (χ0n) is 12.3. The second-order valence-corrected chi connectivity index (χ2v) is 6.15. The molecule has 0 bridgehead atoms. The summed E-state index contributed by atoms with van der Waals surface area (Å²) < 4.78 is 0. The molecule has 0 saturated heterocycles. The van der Waals surface area contributed by atoms with Gasteiger partial charge in [0.1, 0.15) is 0 Å². The summed E-state index contributed by atoms with van der Waals surface area (Å²) in [4.78, 5) is 12.1. The first-order chi connectivity index (χ1) is 8.84. The lowest BCUT2D eigenvalue weighted by Gasteiger charge is -2.31. The zero-order chi connectivity index (χ0) is 14.5. The third-order valence-electron chi connectivity index (χ3n) is 3.03. The molecule has 1 rings (SSSR count). The molecule has 114 valence electrons. The lowest BCUT2D eigenvalue weighted by atomic mass is 9.90. The van der Waals surface area contributed by atoms with Gasteiger partial charge in [-0.2, -0.15) is 0 Å². The Morgan fingerprint density at radius 2 is 1.90 bits per heavy atom. The Morgan fingerprint density at radius 3 is 2.35 bits per heavy atom. The quantitative estimate of drug-likeness (QED) is 0.846. The molecule has 0 aliphatic rings. The topological polar surface area (TPSA) is 55.1 Å². The lowest BCUT2D eigenvalue weighted by molar-refractivity contribution is -0.122. The Bertz CT molecular complexity index is 420. The van der Waals surface area contributed by atoms with E-state index in [0.717, 1.165) is 12.0 Å². The number of rotatable bonds is 6. The van der Waals surface area contributed by atoms with Crippen molar-refractivity contribution in [3.05, 3.63) is 34.9 Å². The molecule has 0 fully saturated rings. The fourth-order valence-corrected chi connectivity index (χ4v) is 2.38. The number of nitrogens with two attached hydrogens (primary N) is 1. The van der Waals surface area contributed by atoms with E-state index in [1.165, 1.54) is 0 Å². The number of amides is 1. The number of nitrogens with one attached hydrogen (secondary N) is 1. The molecule has 1 aromatic rings. The molecule has 0 saturated carbocycles. The molecule has 1 atom stereocenters. The second-order valence-electron chi connectivity index (χ2n) is 5.71. The van der Waals surface area contributed by atoms with E-state index < -0.39 is 0 Å². The highest BCUT2D eigenvalue weighted by atomic mass is 35.5. The summed E-state index contributed by atoms with van der Waals surface area (Å²) in [6.45, 7) is 6.68. The summed E-state index contributed by atoms with van der Waals surface area (Å²) in [5.74, 6) is 0.486. The van der Waals surface area contributed by atoms with Crippen LogP contribution >= 0.6 is 24.0 Å². The van der Waals surface area contributed by atoms with E-state index in [1.807, 2.05) is 19.1 Å². The molecular formula is C15H24Cl2N2O. The maximum absolute atomic E-state index is 12.1. The summed E-state index contributed by atoms with van der Waals surface area (Å²) in [6.07, 6.45) is 1.22. The Labute approximate surface area is 132 Å². The van der Waals surface area contributed by atoms with Crippen LogP contribution in [-0.2, 0) is 11.2 Å². The zero-order valence-corrected chi connectivity index (χ0v) is 13.9. The fourth-order valence-electron chi connectivity index (χ4n) is 2.25. The molecule has 0 spiro atoms. The number of carbonyl (C=O) groups excluding carboxylic acids is 1. The van der Waals surface area contributed by atoms with Gasteiger partial charge in [0.15, 0.2) is 0 Å². The first kappa shape index (κ1) is 19.2. The Balaban J connectivity index is 0.00000361. The second kappa shape index (κ2) is 8.50. The number of benzene rings is 1. The predicted molar refractivity (Wildman–Crippen MR) is 87.5 cm³/mol. The Kier molecular flexibility index (Phi) is 8.17. The summed E-state index contributed by atoms with van der Waals surface area (Å²) in [5.41, 5.74) is 6.40. The van der Waals surface area contributed by atoms with Gasteiger partial charge < -0.3 is 11.1 Å². The van der Waals surface area contributed by atoms with Crippen LogP contribution in [-0.4, -0.2) is 18.0 Å². The summed E-state index contributed by atoms with van der Waals surface area (Å²) in [7, 11) is 0. The van der Waals surface area contributed by atoms with Crippen LogP contribution in [0.2, 0.25) is 5.02 Å². The molecule has 1 amide bonds. The molecule has 3 nitrogen and oxygen atoms in total. The Hall–Kier alpha value is -0.770. The smallest absolute Gasteiger partial charge is 0.224 e. The minimum absolute atomic E-state index is 0. The van der Waals surface area contributed by atoms with Gasteiger partial charge in [-0.15, -0.1) is 12.4 Å². The van der Waals surface area contributed by atoms with Gasteiger partial charge in [0.25, 0.3) is 0 Å². The van der Waals surface area contributed by atoms with Crippen LogP contribution < -0.4 is 11.1 Å². The van der Waals surface area contributed by atoms with E-state index in [-0.39, 0.29) is 23.9 Å². The number of halogens is 2. The third-order valence-corrected chi connectivity index (χ3v) is 3.28. The van der Waals surface area contributed by atoms with Gasteiger partial charge in [-0.1, -0.05) is 37.6 Å².